The van der Waals surface area contributed by atoms with Gasteiger partial charge in [0.05, 0.1) is 22.5 Å². The third-order valence-corrected chi connectivity index (χ3v) is 6.44. The van der Waals surface area contributed by atoms with Gasteiger partial charge in [-0.3, -0.25) is 19.7 Å². The number of hydrogen-bond acceptors (Lipinski definition) is 7. The van der Waals surface area contributed by atoms with Crippen LogP contribution in [0.15, 0.2) is 48.5 Å². The van der Waals surface area contributed by atoms with Crippen LogP contribution in [0.3, 0.4) is 0 Å². The molecule has 0 saturated carbocycles. The zero-order valence-electron chi connectivity index (χ0n) is 18.2. The lowest BCUT2D eigenvalue weighted by Crippen LogP contribution is -2.25. The van der Waals surface area contributed by atoms with Gasteiger partial charge in [0.2, 0.25) is 0 Å². The highest BCUT2D eigenvalue weighted by Gasteiger charge is 2.27. The number of thiophene rings is 1. The molecule has 0 saturated heterocycles. The minimum atomic E-state index is -0.727. The number of nitro groups is 1. The number of hydrogen-bond donors (Lipinski definition) is 2. The van der Waals surface area contributed by atoms with E-state index in [1.54, 1.807) is 6.92 Å². The molecule has 0 aliphatic rings. The van der Waals surface area contributed by atoms with E-state index in [4.69, 9.17) is 16.3 Å². The lowest BCUT2D eigenvalue weighted by atomic mass is 10.1. The maximum atomic E-state index is 12.8. The number of rotatable bonds is 8. The zero-order valence-corrected chi connectivity index (χ0v) is 19.8. The molecular formula is C23H20ClN3O6S. The van der Waals surface area contributed by atoms with Crippen LogP contribution >= 0.6 is 22.9 Å². The summed E-state index contributed by atoms with van der Waals surface area (Å²) in [6.45, 7) is 1.96. The molecule has 34 heavy (non-hydrogen) atoms. The molecule has 1 aromatic heterocycles. The summed E-state index contributed by atoms with van der Waals surface area (Å²) < 4.78 is 4.82. The number of benzene rings is 2. The first-order valence-corrected chi connectivity index (χ1v) is 11.2. The van der Waals surface area contributed by atoms with E-state index < -0.39 is 28.4 Å². The van der Waals surface area contributed by atoms with Crippen molar-refractivity contribution in [2.24, 2.45) is 0 Å². The van der Waals surface area contributed by atoms with Crippen LogP contribution in [0.1, 0.15) is 41.5 Å². The number of methoxy groups -OCH3 is 1. The highest BCUT2D eigenvalue weighted by atomic mass is 35.5. The Hall–Kier alpha value is -3.76. The largest absolute Gasteiger partial charge is 0.465 e. The van der Waals surface area contributed by atoms with E-state index in [1.165, 1.54) is 19.2 Å². The highest BCUT2D eigenvalue weighted by Crippen LogP contribution is 2.34. The summed E-state index contributed by atoms with van der Waals surface area (Å²) >= 11 is 6.72. The molecule has 0 spiro atoms. The van der Waals surface area contributed by atoms with Crippen molar-refractivity contribution >= 4 is 51.4 Å². The van der Waals surface area contributed by atoms with Gasteiger partial charge in [-0.05, 0) is 36.6 Å². The third kappa shape index (κ3) is 5.59. The fraction of sp³-hybridized carbons (Fsp3) is 0.174. The summed E-state index contributed by atoms with van der Waals surface area (Å²) in [4.78, 5) is 48.6. The predicted molar refractivity (Wildman–Crippen MR) is 129 cm³/mol. The van der Waals surface area contributed by atoms with Crippen molar-refractivity contribution in [3.05, 3.63) is 90.8 Å². The molecule has 0 aliphatic heterocycles. The van der Waals surface area contributed by atoms with Crippen molar-refractivity contribution in [2.45, 2.75) is 13.3 Å². The van der Waals surface area contributed by atoms with Gasteiger partial charge in [-0.1, -0.05) is 41.9 Å². The van der Waals surface area contributed by atoms with Crippen LogP contribution in [0, 0.1) is 17.0 Å². The van der Waals surface area contributed by atoms with Gasteiger partial charge in [0, 0.05) is 18.2 Å². The Morgan fingerprint density at radius 2 is 1.82 bits per heavy atom. The number of carbonyl (C=O) groups excluding carboxylic acids is 3. The number of halogens is 1. The molecule has 0 fully saturated rings. The summed E-state index contributed by atoms with van der Waals surface area (Å²) in [6.07, 6.45) is 0.625. The predicted octanol–water partition coefficient (Wildman–Crippen LogP) is 4.63. The summed E-state index contributed by atoms with van der Waals surface area (Å²) in [6, 6.07) is 13.2. The van der Waals surface area contributed by atoms with Gasteiger partial charge in [0.25, 0.3) is 17.5 Å². The monoisotopic (exact) mass is 501 g/mol. The van der Waals surface area contributed by atoms with Gasteiger partial charge in [0.1, 0.15) is 10.0 Å². The minimum Gasteiger partial charge on any atom is -0.465 e. The molecule has 0 radical (unpaired) electrons. The topological polar surface area (TPSA) is 128 Å². The van der Waals surface area contributed by atoms with Crippen LogP contribution in [-0.2, 0) is 11.2 Å². The zero-order chi connectivity index (χ0) is 24.8. The quantitative estimate of drug-likeness (QED) is 0.263. The van der Waals surface area contributed by atoms with Crippen LogP contribution in [0.2, 0.25) is 5.02 Å². The number of amides is 2. The van der Waals surface area contributed by atoms with Crippen LogP contribution in [-0.4, -0.2) is 36.4 Å². The summed E-state index contributed by atoms with van der Waals surface area (Å²) in [5.41, 5.74) is 0.991. The SMILES string of the molecule is COC(=O)c1c(NC(=O)c2ccc(Cl)c([N+](=O)[O-])c2)sc(C(=O)NCCc2ccccc2)c1C. The Balaban J connectivity index is 1.83. The molecule has 2 aromatic carbocycles. The number of nitrogens with zero attached hydrogens (tertiary/aromatic N) is 1. The summed E-state index contributed by atoms with van der Waals surface area (Å²) in [5.74, 6) is -1.83. The molecule has 0 atom stereocenters. The number of esters is 1. The lowest BCUT2D eigenvalue weighted by Gasteiger charge is -2.06. The first-order valence-electron chi connectivity index (χ1n) is 10.0. The number of nitrogens with one attached hydrogen (secondary N) is 2. The standard InChI is InChI=1S/C23H20ClN3O6S/c1-13-18(23(30)33-2)22(26-20(28)15-8-9-16(24)17(12-15)27(31)32)34-19(13)21(29)25-11-10-14-6-4-3-5-7-14/h3-9,12H,10-11H2,1-2H3,(H,25,29)(H,26,28). The first-order chi connectivity index (χ1) is 16.2. The van der Waals surface area contributed by atoms with Crippen LogP contribution < -0.4 is 10.6 Å². The maximum Gasteiger partial charge on any atom is 0.341 e. The van der Waals surface area contributed by atoms with Crippen molar-refractivity contribution in [1.82, 2.24) is 5.32 Å². The van der Waals surface area contributed by atoms with Crippen molar-refractivity contribution in [3.8, 4) is 0 Å². The van der Waals surface area contributed by atoms with E-state index in [-0.39, 0.29) is 26.0 Å². The smallest absolute Gasteiger partial charge is 0.341 e. The molecule has 2 amide bonds. The second-order valence-electron chi connectivity index (χ2n) is 7.12. The minimum absolute atomic E-state index is 0.0353. The lowest BCUT2D eigenvalue weighted by molar-refractivity contribution is -0.384. The maximum absolute atomic E-state index is 12.8. The van der Waals surface area contributed by atoms with Crippen molar-refractivity contribution in [1.29, 1.82) is 0 Å². The number of carbonyl (C=O) groups is 3. The van der Waals surface area contributed by atoms with Gasteiger partial charge >= 0.3 is 5.97 Å². The van der Waals surface area contributed by atoms with Crippen molar-refractivity contribution in [3.63, 3.8) is 0 Å². The molecule has 176 valence electrons. The Kier molecular flexibility index (Phi) is 7.98. The third-order valence-electron chi connectivity index (χ3n) is 4.92. The van der Waals surface area contributed by atoms with Gasteiger partial charge in [0.15, 0.2) is 0 Å². The fourth-order valence-electron chi connectivity index (χ4n) is 3.18. The fourth-order valence-corrected chi connectivity index (χ4v) is 4.47. The van der Waals surface area contributed by atoms with Crippen LogP contribution in [0.4, 0.5) is 10.7 Å². The second kappa shape index (κ2) is 10.9. The number of nitro benzene ring substituents is 1. The average molecular weight is 502 g/mol. The van der Waals surface area contributed by atoms with E-state index in [1.807, 2.05) is 30.3 Å². The number of ether oxygens (including phenoxy) is 1. The van der Waals surface area contributed by atoms with Crippen LogP contribution in [0.25, 0.3) is 0 Å². The highest BCUT2D eigenvalue weighted by molar-refractivity contribution is 7.18. The van der Waals surface area contributed by atoms with Crippen molar-refractivity contribution < 1.29 is 24.0 Å². The van der Waals surface area contributed by atoms with Crippen molar-refractivity contribution in [2.75, 3.05) is 19.0 Å². The molecule has 0 aliphatic carbocycles. The molecule has 3 aromatic rings. The molecule has 2 N–H and O–H groups in total. The Bertz CT molecular complexity index is 1260. The van der Waals surface area contributed by atoms with Gasteiger partial charge in [-0.2, -0.15) is 0 Å². The normalized spacial score (nSPS) is 10.4. The van der Waals surface area contributed by atoms with Crippen LogP contribution in [0.5, 0.6) is 0 Å². The average Bonchev–Trinajstić information content (AvgIpc) is 3.14. The van der Waals surface area contributed by atoms with E-state index in [2.05, 4.69) is 10.6 Å². The number of anilines is 1. The van der Waals surface area contributed by atoms with Gasteiger partial charge in [-0.25, -0.2) is 4.79 Å². The first kappa shape index (κ1) is 24.9. The Morgan fingerprint density at radius 3 is 2.47 bits per heavy atom. The second-order valence-corrected chi connectivity index (χ2v) is 8.55. The Labute approximate surface area is 203 Å². The molecule has 0 bridgehead atoms. The summed E-state index contributed by atoms with van der Waals surface area (Å²) in [5, 5.41) is 16.5. The molecule has 11 heteroatoms. The molecule has 9 nitrogen and oxygen atoms in total. The molecule has 1 heterocycles. The molecule has 0 unspecified atom stereocenters. The molecule has 3 rings (SSSR count). The van der Waals surface area contributed by atoms with E-state index in [0.29, 0.717) is 18.5 Å². The Morgan fingerprint density at radius 1 is 1.12 bits per heavy atom. The van der Waals surface area contributed by atoms with E-state index in [9.17, 15) is 24.5 Å². The summed E-state index contributed by atoms with van der Waals surface area (Å²) in [7, 11) is 1.19. The molecular weight excluding hydrogens is 482 g/mol. The van der Waals surface area contributed by atoms with Gasteiger partial charge in [-0.15, -0.1) is 11.3 Å². The van der Waals surface area contributed by atoms with E-state index in [0.717, 1.165) is 23.0 Å². The van der Waals surface area contributed by atoms with E-state index >= 15 is 0 Å². The van der Waals surface area contributed by atoms with Gasteiger partial charge < -0.3 is 15.4 Å².